The van der Waals surface area contributed by atoms with Crippen LogP contribution in [0.25, 0.3) is 0 Å². The van der Waals surface area contributed by atoms with E-state index in [-0.39, 0.29) is 5.91 Å². The number of rotatable bonds is 3. The SMILES string of the molecule is CC1=C(C)CC(C=O)(NC(=O)c2ccccc2)CC1. The van der Waals surface area contributed by atoms with Crippen molar-refractivity contribution in [2.45, 2.75) is 38.6 Å². The Bertz CT molecular complexity index is 519. The molecule has 3 nitrogen and oxygen atoms in total. The fraction of sp³-hybridized carbons (Fsp3) is 0.375. The number of hydrogen-bond acceptors (Lipinski definition) is 2. The van der Waals surface area contributed by atoms with E-state index in [0.29, 0.717) is 18.4 Å². The smallest absolute Gasteiger partial charge is 0.252 e. The molecular formula is C16H19NO2. The van der Waals surface area contributed by atoms with Crippen LogP contribution < -0.4 is 5.32 Å². The average Bonchev–Trinajstić information content (AvgIpc) is 2.44. The van der Waals surface area contributed by atoms with Crippen molar-refractivity contribution in [1.29, 1.82) is 0 Å². The van der Waals surface area contributed by atoms with Gasteiger partial charge < -0.3 is 10.1 Å². The Balaban J connectivity index is 2.17. The lowest BCUT2D eigenvalue weighted by Gasteiger charge is -2.34. The molecule has 0 radical (unpaired) electrons. The number of carbonyl (C=O) groups excluding carboxylic acids is 2. The van der Waals surface area contributed by atoms with Crippen molar-refractivity contribution in [2.24, 2.45) is 0 Å². The number of nitrogens with one attached hydrogen (secondary N) is 1. The fourth-order valence-corrected chi connectivity index (χ4v) is 2.46. The Morgan fingerprint density at radius 3 is 2.47 bits per heavy atom. The highest BCUT2D eigenvalue weighted by Crippen LogP contribution is 2.31. The van der Waals surface area contributed by atoms with E-state index in [2.05, 4.69) is 12.2 Å². The first-order chi connectivity index (χ1) is 9.06. The molecule has 19 heavy (non-hydrogen) atoms. The maximum atomic E-state index is 12.2. The highest BCUT2D eigenvalue weighted by molar-refractivity contribution is 5.96. The van der Waals surface area contributed by atoms with E-state index in [1.54, 1.807) is 12.1 Å². The summed E-state index contributed by atoms with van der Waals surface area (Å²) in [4.78, 5) is 23.6. The quantitative estimate of drug-likeness (QED) is 0.668. The van der Waals surface area contributed by atoms with Crippen LogP contribution in [0.15, 0.2) is 41.5 Å². The molecule has 1 unspecified atom stereocenters. The minimum absolute atomic E-state index is 0.181. The van der Waals surface area contributed by atoms with Crippen LogP contribution in [0.1, 0.15) is 43.5 Å². The molecule has 0 saturated heterocycles. The van der Waals surface area contributed by atoms with Crippen LogP contribution in [-0.2, 0) is 4.79 Å². The molecule has 1 N–H and O–H groups in total. The minimum Gasteiger partial charge on any atom is -0.339 e. The molecule has 1 atom stereocenters. The molecule has 0 heterocycles. The van der Waals surface area contributed by atoms with E-state index in [0.717, 1.165) is 12.7 Å². The topological polar surface area (TPSA) is 46.2 Å². The van der Waals surface area contributed by atoms with Gasteiger partial charge in [0.05, 0.1) is 5.54 Å². The molecular weight excluding hydrogens is 238 g/mol. The second-order valence-corrected chi connectivity index (χ2v) is 5.33. The normalized spacial score (nSPS) is 23.1. The molecule has 1 aromatic carbocycles. The number of hydrogen-bond donors (Lipinski definition) is 1. The van der Waals surface area contributed by atoms with E-state index in [1.807, 2.05) is 25.1 Å². The highest BCUT2D eigenvalue weighted by Gasteiger charge is 2.34. The monoisotopic (exact) mass is 257 g/mol. The van der Waals surface area contributed by atoms with Gasteiger partial charge in [-0.2, -0.15) is 0 Å². The fourth-order valence-electron chi connectivity index (χ4n) is 2.46. The number of allylic oxidation sites excluding steroid dienone is 1. The lowest BCUT2D eigenvalue weighted by Crippen LogP contribution is -2.51. The molecule has 1 aliphatic rings. The summed E-state index contributed by atoms with van der Waals surface area (Å²) in [7, 11) is 0. The summed E-state index contributed by atoms with van der Waals surface area (Å²) >= 11 is 0. The van der Waals surface area contributed by atoms with Gasteiger partial charge in [0.1, 0.15) is 6.29 Å². The maximum absolute atomic E-state index is 12.2. The number of benzene rings is 1. The molecule has 0 aromatic heterocycles. The summed E-state index contributed by atoms with van der Waals surface area (Å²) in [6.07, 6.45) is 3.04. The van der Waals surface area contributed by atoms with Crippen molar-refractivity contribution in [2.75, 3.05) is 0 Å². The first-order valence-electron chi connectivity index (χ1n) is 6.55. The molecule has 0 spiro atoms. The van der Waals surface area contributed by atoms with Crippen LogP contribution in [0, 0.1) is 0 Å². The zero-order valence-corrected chi connectivity index (χ0v) is 11.4. The molecule has 0 bridgehead atoms. The van der Waals surface area contributed by atoms with Crippen LogP contribution in [0.4, 0.5) is 0 Å². The molecule has 1 aliphatic carbocycles. The van der Waals surface area contributed by atoms with Gasteiger partial charge in [-0.25, -0.2) is 0 Å². The summed E-state index contributed by atoms with van der Waals surface area (Å²) in [6.45, 7) is 4.12. The predicted octanol–water partition coefficient (Wildman–Crippen LogP) is 2.87. The van der Waals surface area contributed by atoms with E-state index in [1.165, 1.54) is 11.1 Å². The third-order valence-corrected chi connectivity index (χ3v) is 3.88. The first-order valence-corrected chi connectivity index (χ1v) is 6.55. The maximum Gasteiger partial charge on any atom is 0.252 e. The molecule has 1 amide bonds. The Morgan fingerprint density at radius 1 is 1.21 bits per heavy atom. The summed E-state index contributed by atoms with van der Waals surface area (Å²) in [5, 5.41) is 2.91. The van der Waals surface area contributed by atoms with E-state index in [4.69, 9.17) is 0 Å². The van der Waals surface area contributed by atoms with Gasteiger partial charge in [-0.1, -0.05) is 29.3 Å². The molecule has 3 heteroatoms. The van der Waals surface area contributed by atoms with Gasteiger partial charge in [0, 0.05) is 5.56 Å². The molecule has 0 fully saturated rings. The predicted molar refractivity (Wildman–Crippen MR) is 74.9 cm³/mol. The van der Waals surface area contributed by atoms with Gasteiger partial charge in [0.15, 0.2) is 0 Å². The second-order valence-electron chi connectivity index (χ2n) is 5.33. The Hall–Kier alpha value is -1.90. The zero-order chi connectivity index (χ0) is 13.9. The van der Waals surface area contributed by atoms with Crippen molar-refractivity contribution in [3.63, 3.8) is 0 Å². The van der Waals surface area contributed by atoms with Crippen molar-refractivity contribution in [3.8, 4) is 0 Å². The van der Waals surface area contributed by atoms with E-state index in [9.17, 15) is 9.59 Å². The minimum atomic E-state index is -0.740. The summed E-state index contributed by atoms with van der Waals surface area (Å²) in [5.74, 6) is -0.181. The first kappa shape index (κ1) is 13.5. The van der Waals surface area contributed by atoms with Gasteiger partial charge in [-0.3, -0.25) is 4.79 Å². The molecule has 100 valence electrons. The Morgan fingerprint density at radius 2 is 1.89 bits per heavy atom. The zero-order valence-electron chi connectivity index (χ0n) is 11.4. The molecule has 1 aromatic rings. The lowest BCUT2D eigenvalue weighted by molar-refractivity contribution is -0.113. The Kier molecular flexibility index (Phi) is 3.84. The van der Waals surface area contributed by atoms with Crippen LogP contribution >= 0.6 is 0 Å². The van der Waals surface area contributed by atoms with Crippen LogP contribution in [0.5, 0.6) is 0 Å². The lowest BCUT2D eigenvalue weighted by atomic mass is 9.79. The van der Waals surface area contributed by atoms with Gasteiger partial charge in [-0.05, 0) is 45.2 Å². The van der Waals surface area contributed by atoms with Crippen molar-refractivity contribution < 1.29 is 9.59 Å². The third-order valence-electron chi connectivity index (χ3n) is 3.88. The van der Waals surface area contributed by atoms with Crippen LogP contribution in [0.2, 0.25) is 0 Å². The average molecular weight is 257 g/mol. The van der Waals surface area contributed by atoms with E-state index < -0.39 is 5.54 Å². The Labute approximate surface area is 113 Å². The third kappa shape index (κ3) is 2.92. The summed E-state index contributed by atoms with van der Waals surface area (Å²) in [6, 6.07) is 9.01. The molecule has 0 aliphatic heterocycles. The number of amides is 1. The van der Waals surface area contributed by atoms with Crippen LogP contribution in [0.3, 0.4) is 0 Å². The molecule has 2 rings (SSSR count). The van der Waals surface area contributed by atoms with Crippen molar-refractivity contribution >= 4 is 12.2 Å². The summed E-state index contributed by atoms with van der Waals surface area (Å²) in [5.41, 5.74) is 2.38. The standard InChI is InChI=1S/C16H19NO2/c1-12-8-9-16(11-18,10-13(12)2)17-15(19)14-6-4-3-5-7-14/h3-7,11H,8-10H2,1-2H3,(H,17,19). The van der Waals surface area contributed by atoms with Crippen LogP contribution in [-0.4, -0.2) is 17.7 Å². The van der Waals surface area contributed by atoms with Gasteiger partial charge >= 0.3 is 0 Å². The second kappa shape index (κ2) is 5.39. The largest absolute Gasteiger partial charge is 0.339 e. The van der Waals surface area contributed by atoms with Crippen molar-refractivity contribution in [3.05, 3.63) is 47.0 Å². The van der Waals surface area contributed by atoms with Gasteiger partial charge in [0.25, 0.3) is 5.91 Å². The number of carbonyl (C=O) groups is 2. The van der Waals surface area contributed by atoms with Gasteiger partial charge in [0.2, 0.25) is 0 Å². The number of aldehydes is 1. The molecule has 0 saturated carbocycles. The van der Waals surface area contributed by atoms with Crippen molar-refractivity contribution in [1.82, 2.24) is 5.32 Å². The van der Waals surface area contributed by atoms with E-state index >= 15 is 0 Å². The van der Waals surface area contributed by atoms with Gasteiger partial charge in [-0.15, -0.1) is 0 Å². The summed E-state index contributed by atoms with van der Waals surface area (Å²) < 4.78 is 0. The highest BCUT2D eigenvalue weighted by atomic mass is 16.2.